The molecule has 0 aliphatic heterocycles. The number of carbonyl (C=O) groups excluding carboxylic acids is 2. The van der Waals surface area contributed by atoms with Crippen LogP contribution in [-0.4, -0.2) is 61.6 Å². The topological polar surface area (TPSA) is 74.3 Å². The van der Waals surface area contributed by atoms with Crippen molar-refractivity contribution in [1.82, 2.24) is 20.5 Å². The van der Waals surface area contributed by atoms with Gasteiger partial charge in [0, 0.05) is 43.7 Å². The van der Waals surface area contributed by atoms with Gasteiger partial charge in [-0.25, -0.2) is 4.39 Å². The number of hydrogen-bond acceptors (Lipinski definition) is 4. The van der Waals surface area contributed by atoms with Crippen molar-refractivity contribution < 1.29 is 27.2 Å². The Morgan fingerprint density at radius 3 is 2.42 bits per heavy atom. The summed E-state index contributed by atoms with van der Waals surface area (Å²) in [5.74, 6) is -2.91. The maximum Gasteiger partial charge on any atom is 0.395 e. The van der Waals surface area contributed by atoms with Crippen molar-refractivity contribution in [2.75, 3.05) is 27.7 Å². The van der Waals surface area contributed by atoms with E-state index in [1.807, 2.05) is 32.0 Å². The van der Waals surface area contributed by atoms with Crippen LogP contribution in [0, 0.1) is 18.2 Å². The summed E-state index contributed by atoms with van der Waals surface area (Å²) in [5.41, 5.74) is 0.217. The molecule has 2 atom stereocenters. The van der Waals surface area contributed by atoms with Gasteiger partial charge in [0.05, 0.1) is 11.6 Å². The van der Waals surface area contributed by atoms with Crippen LogP contribution < -0.4 is 10.6 Å². The van der Waals surface area contributed by atoms with E-state index in [1.165, 1.54) is 12.3 Å². The second-order valence-electron chi connectivity index (χ2n) is 9.65. The quantitative estimate of drug-likeness (QED) is 0.476. The molecular weight excluding hydrogens is 476 g/mol. The first-order valence-corrected chi connectivity index (χ1v) is 11.8. The Balaban J connectivity index is 1.72. The van der Waals surface area contributed by atoms with Crippen LogP contribution >= 0.6 is 0 Å². The average Bonchev–Trinajstić information content (AvgIpc) is 3.63. The molecule has 3 rings (SSSR count). The van der Waals surface area contributed by atoms with Crippen LogP contribution in [0.1, 0.15) is 52.2 Å². The third kappa shape index (κ3) is 6.03. The van der Waals surface area contributed by atoms with Gasteiger partial charge in [0.25, 0.3) is 5.91 Å². The highest BCUT2D eigenvalue weighted by molar-refractivity contribution is 5.94. The monoisotopic (exact) mass is 508 g/mol. The van der Waals surface area contributed by atoms with E-state index in [-0.39, 0.29) is 36.9 Å². The molecule has 0 bridgehead atoms. The summed E-state index contributed by atoms with van der Waals surface area (Å²) < 4.78 is 56.2. The number of alkyl halides is 3. The van der Waals surface area contributed by atoms with Crippen LogP contribution in [-0.2, 0) is 11.2 Å². The second kappa shape index (κ2) is 10.9. The Morgan fingerprint density at radius 2 is 1.89 bits per heavy atom. The minimum absolute atomic E-state index is 0.133. The van der Waals surface area contributed by atoms with Gasteiger partial charge in [-0.15, -0.1) is 0 Å². The summed E-state index contributed by atoms with van der Waals surface area (Å²) in [6.45, 7) is 2.10. The van der Waals surface area contributed by atoms with Crippen LogP contribution in [0.3, 0.4) is 0 Å². The van der Waals surface area contributed by atoms with Crippen LogP contribution in [0.2, 0.25) is 0 Å². The number of carbonyl (C=O) groups is 2. The number of pyridine rings is 1. The number of rotatable bonds is 10. The molecule has 1 aliphatic rings. The molecule has 36 heavy (non-hydrogen) atoms. The molecule has 196 valence electrons. The third-order valence-electron chi connectivity index (χ3n) is 7.14. The molecule has 0 radical (unpaired) electrons. The molecule has 1 aliphatic carbocycles. The number of likely N-dealkylation sites (N-methyl/N-ethyl adjacent to an activating group) is 1. The fourth-order valence-electron chi connectivity index (χ4n) is 4.63. The summed E-state index contributed by atoms with van der Waals surface area (Å²) >= 11 is 0. The van der Waals surface area contributed by atoms with E-state index in [9.17, 15) is 27.2 Å². The molecule has 2 aromatic rings. The predicted molar refractivity (Wildman–Crippen MR) is 128 cm³/mol. The molecule has 1 heterocycles. The second-order valence-corrected chi connectivity index (χ2v) is 9.65. The Bertz CT molecular complexity index is 1100. The van der Waals surface area contributed by atoms with Crippen molar-refractivity contribution in [3.63, 3.8) is 0 Å². The molecule has 0 saturated heterocycles. The standard InChI is InChI=1S/C26H32F4N4O2/c1-16-11-18(24(36)31-2)6-5-17(16)12-19(34(3)4)14-33-23(35)13-21(20-7-10-32-15-22(20)27)25(8-9-25)26(28,29)30/h5-7,10-11,15,19,21H,8-9,12-14H2,1-4H3,(H,31,36)(H,33,35)/t19-,21+/m0/s1. The SMILES string of the molecule is CNC(=O)c1ccc(C[C@@H](CNC(=O)C[C@H](c2ccncc2F)C2(C(F)(F)F)CC2)N(C)C)c(C)c1. The number of halogens is 4. The molecule has 10 heteroatoms. The largest absolute Gasteiger partial charge is 0.395 e. The summed E-state index contributed by atoms with van der Waals surface area (Å²) in [7, 11) is 5.26. The number of hydrogen-bond donors (Lipinski definition) is 2. The lowest BCUT2D eigenvalue weighted by Crippen LogP contribution is -2.43. The molecule has 1 aromatic heterocycles. The molecule has 0 unspecified atom stereocenters. The van der Waals surface area contributed by atoms with Crippen LogP contribution in [0.5, 0.6) is 0 Å². The van der Waals surface area contributed by atoms with Gasteiger partial charge in [-0.05, 0) is 75.2 Å². The van der Waals surface area contributed by atoms with E-state index in [0.29, 0.717) is 12.0 Å². The van der Waals surface area contributed by atoms with Crippen molar-refractivity contribution in [3.8, 4) is 0 Å². The Hall–Kier alpha value is -3.01. The van der Waals surface area contributed by atoms with Crippen LogP contribution in [0.15, 0.2) is 36.7 Å². The zero-order valence-corrected chi connectivity index (χ0v) is 20.9. The minimum Gasteiger partial charge on any atom is -0.355 e. The molecular formula is C26H32F4N4O2. The van der Waals surface area contributed by atoms with Gasteiger partial charge in [0.1, 0.15) is 5.82 Å². The summed E-state index contributed by atoms with van der Waals surface area (Å²) in [6, 6.07) is 6.46. The zero-order valence-electron chi connectivity index (χ0n) is 20.9. The van der Waals surface area contributed by atoms with Crippen LogP contribution in [0.4, 0.5) is 17.6 Å². The highest BCUT2D eigenvalue weighted by Gasteiger charge is 2.67. The van der Waals surface area contributed by atoms with E-state index >= 15 is 0 Å². The molecule has 2 amide bonds. The first kappa shape index (κ1) is 27.6. The Kier molecular flexibility index (Phi) is 8.38. The number of aryl methyl sites for hydroxylation is 1. The average molecular weight is 509 g/mol. The van der Waals surface area contributed by atoms with Crippen molar-refractivity contribution in [3.05, 3.63) is 64.7 Å². The molecule has 6 nitrogen and oxygen atoms in total. The number of amides is 2. The molecule has 1 saturated carbocycles. The maximum absolute atomic E-state index is 14.4. The highest BCUT2D eigenvalue weighted by atomic mass is 19.4. The van der Waals surface area contributed by atoms with Crippen molar-refractivity contribution >= 4 is 11.8 Å². The van der Waals surface area contributed by atoms with E-state index < -0.39 is 35.7 Å². The van der Waals surface area contributed by atoms with Crippen molar-refractivity contribution in [1.29, 1.82) is 0 Å². The number of aromatic nitrogens is 1. The summed E-state index contributed by atoms with van der Waals surface area (Å²) in [5, 5.41) is 5.35. The fourth-order valence-corrected chi connectivity index (χ4v) is 4.63. The van der Waals surface area contributed by atoms with Gasteiger partial charge in [0.15, 0.2) is 0 Å². The highest BCUT2D eigenvalue weighted by Crippen LogP contribution is 2.66. The normalized spacial score (nSPS) is 16.4. The molecule has 0 spiro atoms. The zero-order chi connectivity index (χ0) is 26.7. The van der Waals surface area contributed by atoms with Gasteiger partial charge >= 0.3 is 6.18 Å². The Morgan fingerprint density at radius 1 is 1.19 bits per heavy atom. The van der Waals surface area contributed by atoms with Crippen molar-refractivity contribution in [2.24, 2.45) is 5.41 Å². The van der Waals surface area contributed by atoms with E-state index in [4.69, 9.17) is 0 Å². The fraction of sp³-hybridized carbons (Fsp3) is 0.500. The number of nitrogens with zero attached hydrogens (tertiary/aromatic N) is 2. The van der Waals surface area contributed by atoms with Crippen molar-refractivity contribution in [2.45, 2.75) is 50.7 Å². The summed E-state index contributed by atoms with van der Waals surface area (Å²) in [4.78, 5) is 30.3. The lowest BCUT2D eigenvalue weighted by atomic mass is 9.80. The van der Waals surface area contributed by atoms with Crippen LogP contribution in [0.25, 0.3) is 0 Å². The van der Waals surface area contributed by atoms with E-state index in [0.717, 1.165) is 17.3 Å². The lowest BCUT2D eigenvalue weighted by molar-refractivity contribution is -0.195. The predicted octanol–water partition coefficient (Wildman–Crippen LogP) is 3.99. The van der Waals surface area contributed by atoms with Gasteiger partial charge in [0.2, 0.25) is 5.91 Å². The first-order valence-electron chi connectivity index (χ1n) is 11.8. The number of benzene rings is 1. The van der Waals surface area contributed by atoms with Gasteiger partial charge in [-0.2, -0.15) is 13.2 Å². The molecule has 1 aromatic carbocycles. The maximum atomic E-state index is 14.4. The third-order valence-corrected chi connectivity index (χ3v) is 7.14. The summed E-state index contributed by atoms with van der Waals surface area (Å²) in [6.07, 6.45) is -2.60. The van der Waals surface area contributed by atoms with E-state index in [1.54, 1.807) is 19.2 Å². The minimum atomic E-state index is -4.54. The van der Waals surface area contributed by atoms with Gasteiger partial charge in [-0.1, -0.05) is 6.07 Å². The Labute approximate surface area is 208 Å². The van der Waals surface area contributed by atoms with Gasteiger partial charge < -0.3 is 15.5 Å². The molecule has 2 N–H and O–H groups in total. The van der Waals surface area contributed by atoms with E-state index in [2.05, 4.69) is 15.6 Å². The van der Waals surface area contributed by atoms with Gasteiger partial charge in [-0.3, -0.25) is 14.6 Å². The first-order chi connectivity index (χ1) is 16.9. The smallest absolute Gasteiger partial charge is 0.355 e. The lowest BCUT2D eigenvalue weighted by Gasteiger charge is -2.30. The number of nitrogens with one attached hydrogen (secondary N) is 2. The molecule has 1 fully saturated rings.